The van der Waals surface area contributed by atoms with Crippen molar-refractivity contribution in [3.63, 3.8) is 0 Å². The lowest BCUT2D eigenvalue weighted by molar-refractivity contribution is -0.113. The molecule has 0 saturated carbocycles. The van der Waals surface area contributed by atoms with Gasteiger partial charge in [-0.3, -0.25) is 33.6 Å². The van der Waals surface area contributed by atoms with Crippen molar-refractivity contribution in [2.75, 3.05) is 43.6 Å². The van der Waals surface area contributed by atoms with Gasteiger partial charge in [0.1, 0.15) is 121 Å². The average molecular weight is 1920 g/mol. The number of phenolic OH excluding ortho intramolecular Hbond substituents is 2. The van der Waals surface area contributed by atoms with Crippen molar-refractivity contribution in [1.82, 2.24) is 9.97 Å². The molecule has 0 atom stereocenters. The molecule has 12 aliphatic rings. The zero-order chi connectivity index (χ0) is 102. The van der Waals surface area contributed by atoms with Crippen LogP contribution in [0, 0.1) is 13.8 Å². The van der Waals surface area contributed by atoms with Crippen molar-refractivity contribution < 1.29 is 86.4 Å². The summed E-state index contributed by atoms with van der Waals surface area (Å²) in [7, 11) is 0. The first-order valence-electron chi connectivity index (χ1n) is 47.6. The number of hydrogen-bond acceptors (Lipinski definition) is 26. The molecule has 0 radical (unpaired) electrons. The summed E-state index contributed by atoms with van der Waals surface area (Å²) >= 11 is 0. The number of nitrogens with two attached hydrogens (primary N) is 3. The number of nitrogens with zero attached hydrogens (tertiary/aromatic N) is 3. The summed E-state index contributed by atoms with van der Waals surface area (Å²) in [6, 6.07) is 71.7. The Hall–Kier alpha value is -16.1. The number of aliphatic imine (C=N–C) groups is 1. The number of carbonyl (C=O) groups excluding carboxylic acids is 5. The van der Waals surface area contributed by atoms with E-state index in [1.54, 1.807) is 127 Å². The van der Waals surface area contributed by atoms with Gasteiger partial charge in [-0.1, -0.05) is 121 Å². The number of aromatic hydroxyl groups is 2. The van der Waals surface area contributed by atoms with Crippen LogP contribution < -0.4 is 47.0 Å². The Morgan fingerprint density at radius 1 is 0.364 bits per heavy atom. The summed E-state index contributed by atoms with van der Waals surface area (Å²) in [6.45, 7) is 24.8. The monoisotopic (exact) mass is 1920 g/mol. The first-order valence-corrected chi connectivity index (χ1v) is 47.6. The quantitative estimate of drug-likeness (QED) is 0.0256. The summed E-state index contributed by atoms with van der Waals surface area (Å²) in [4.78, 5) is 99.3. The number of ether oxygens (including phenoxy) is 7. The Kier molecular flexibility index (Phi) is 28.9. The molecule has 0 spiro atoms. The molecule has 26 heteroatoms. The van der Waals surface area contributed by atoms with Gasteiger partial charge in [0.25, 0.3) is 0 Å². The van der Waals surface area contributed by atoms with Crippen LogP contribution in [0.15, 0.2) is 283 Å². The van der Waals surface area contributed by atoms with Gasteiger partial charge in [0, 0.05) is 112 Å². The van der Waals surface area contributed by atoms with Crippen LogP contribution in [0.5, 0.6) is 34.5 Å². The van der Waals surface area contributed by atoms with Crippen LogP contribution in [0.4, 0.5) is 22.7 Å². The van der Waals surface area contributed by atoms with E-state index in [1.165, 1.54) is 18.2 Å². The molecule has 0 unspecified atom stereocenters. The number of aromatic nitrogens is 2. The number of phenols is 2. The lowest BCUT2D eigenvalue weighted by Crippen LogP contribution is -2.34. The lowest BCUT2D eigenvalue weighted by atomic mass is 9.82. The fraction of sp³-hybridized carbons (Fsp3) is 0.265. The minimum atomic E-state index is -0.410. The lowest BCUT2D eigenvalue weighted by Gasteiger charge is -2.36. The molecule has 7 aliphatic heterocycles. The topological polar surface area (TPSA) is 408 Å². The highest BCUT2D eigenvalue weighted by Crippen LogP contribution is 2.50. The molecule has 11 aromatic rings. The molecule has 5 aliphatic carbocycles. The third-order valence-electron chi connectivity index (χ3n) is 25.6. The Labute approximate surface area is 826 Å². The molecule has 11 aromatic carbocycles. The fourth-order valence-corrected chi connectivity index (χ4v) is 17.9. The van der Waals surface area contributed by atoms with E-state index in [2.05, 4.69) is 50.9 Å². The average Bonchev–Trinajstić information content (AvgIpc) is 0.757. The van der Waals surface area contributed by atoms with Crippen LogP contribution in [0.2, 0.25) is 0 Å². The van der Waals surface area contributed by atoms with Gasteiger partial charge in [-0.2, -0.15) is 0 Å². The molecule has 0 bridgehead atoms. The fourth-order valence-electron chi connectivity index (χ4n) is 17.9. The molecule has 0 aromatic heterocycles. The van der Waals surface area contributed by atoms with Crippen molar-refractivity contribution in [2.24, 2.45) is 4.99 Å². The predicted molar refractivity (Wildman–Crippen MR) is 555 cm³/mol. The highest BCUT2D eigenvalue weighted by Gasteiger charge is 2.44. The van der Waals surface area contributed by atoms with Crippen molar-refractivity contribution >= 4 is 118 Å². The van der Waals surface area contributed by atoms with E-state index in [4.69, 9.17) is 89.6 Å². The van der Waals surface area contributed by atoms with E-state index in [0.29, 0.717) is 122 Å². The van der Waals surface area contributed by atoms with Gasteiger partial charge in [0.15, 0.2) is 33.5 Å². The van der Waals surface area contributed by atoms with Crippen molar-refractivity contribution in [2.45, 2.75) is 175 Å². The standard InChI is InChI=1S/C23H23NO4.C22H19NO3.C21H17NO3.2C15H14O3.C8H11NO2.C7H9NO.C6H7NO/c1-23(2)12-11-19-21(26)20(17-5-3-4-6-18(17)22(19)28-23)24-15-7-9-16(10-8-15)27-14-13-25;1-12-10-13(24)11-17-18(12)23-19-14-6-4-5-7-15(14)20-16(21(19)25-17)8-9-22(2,3)26-20;1-21(2)10-9-15-19(25-21)14-6-4-3-5-13(14)18-20(15)24-17-11-12(23)7-8-16(17)22-18;2*1-15(2)8-7-11-13(17)12(16)9-5-3-4-6-10(9)14(11)18-15;9-7-1-3-8(4-2-7)11-6-5-10;1-5-4-6(9)2-3-7(5)8;7-5-1-3-6(8)4-2-5/h3-10,25H,11-14H2,1-2H3;4-7,10-11H,8-9H2,1-3H3;3-8,11H,9-10H2,1-2H3;2*3-6H,7-8H2,1-2H3;1-4,10H,5-6,9H2;2-4,9H,8H2,1H3;1-4,8H,7H2. The maximum Gasteiger partial charge on any atom is 0.234 e. The number of hydrogen-bond donors (Lipinski definition) is 7. The second-order valence-electron chi connectivity index (χ2n) is 39.0. The van der Waals surface area contributed by atoms with E-state index in [9.17, 15) is 33.6 Å². The number of aliphatic hydroxyl groups excluding tert-OH is 2. The van der Waals surface area contributed by atoms with Crippen LogP contribution in [0.25, 0.3) is 83.9 Å². The van der Waals surface area contributed by atoms with Gasteiger partial charge < -0.3 is 79.6 Å². The number of allylic oxidation sites excluding steroid dienone is 3. The maximum absolute atomic E-state index is 13.2. The summed E-state index contributed by atoms with van der Waals surface area (Å²) in [6.07, 6.45) is 7.74. The third-order valence-corrected chi connectivity index (χ3v) is 25.6. The van der Waals surface area contributed by atoms with Gasteiger partial charge >= 0.3 is 0 Å². The van der Waals surface area contributed by atoms with Crippen LogP contribution in [-0.2, 0) is 41.4 Å². The Morgan fingerprint density at radius 2 is 0.748 bits per heavy atom. The van der Waals surface area contributed by atoms with Crippen LogP contribution in [0.1, 0.15) is 186 Å². The van der Waals surface area contributed by atoms with Crippen LogP contribution >= 0.6 is 0 Å². The molecule has 732 valence electrons. The van der Waals surface area contributed by atoms with E-state index >= 15 is 0 Å². The molecule has 26 nitrogen and oxygen atoms in total. The first-order chi connectivity index (χ1) is 68.2. The SMILES string of the molecule is CC1(C)CCC2=C(O1)c1ccccc1C(=Nc1ccc(OCCO)cc1)C2=O.CC1(C)CCC2=C(O1)c1ccccc1C(=O)C2=O.CC1(C)CCC2=C(O1)c1ccccc1C(=O)C2=O.CC1(C)CCc2c(c3ccccc3c3nc4ccc(=O)cc-4oc23)O1.Cc1cc(=O)cc2oc3c4c(c5ccccc5c3nc1-2)OC(C)(C)CC4.Cc1cc(O)ccc1N.Nc1ccc(O)cc1.Nc1ccc(OCCO)cc1. The summed E-state index contributed by atoms with van der Waals surface area (Å²) < 4.78 is 53.6. The number of Topliss-reactive ketones (excluding diaryl/α,β-unsaturated/α-hetero) is 5. The van der Waals surface area contributed by atoms with Gasteiger partial charge in [0.05, 0.1) is 18.9 Å². The molecular formula is C117H114N6O20. The molecular weight excluding hydrogens is 1810 g/mol. The number of carbonyl (C=O) groups is 5. The van der Waals surface area contributed by atoms with Gasteiger partial charge in [0.2, 0.25) is 28.9 Å². The zero-order valence-electron chi connectivity index (χ0n) is 81.9. The van der Waals surface area contributed by atoms with Crippen molar-refractivity contribution in [3.8, 4) is 57.4 Å². The predicted octanol–water partition coefficient (Wildman–Crippen LogP) is 21.9. The maximum atomic E-state index is 13.2. The van der Waals surface area contributed by atoms with Crippen LogP contribution in [-0.4, -0.2) is 119 Å². The van der Waals surface area contributed by atoms with Gasteiger partial charge in [-0.05, 0) is 268 Å². The second kappa shape index (κ2) is 41.4. The number of nitrogen functional groups attached to an aromatic ring is 3. The first kappa shape index (κ1) is 99.9. The smallest absolute Gasteiger partial charge is 0.234 e. The number of aliphatic hydroxyl groups is 2. The van der Waals surface area contributed by atoms with Gasteiger partial charge in [-0.25, -0.2) is 15.0 Å². The molecule has 0 saturated heterocycles. The van der Waals surface area contributed by atoms with E-state index in [1.807, 2.05) is 134 Å². The van der Waals surface area contributed by atoms with Crippen molar-refractivity contribution in [1.29, 1.82) is 0 Å². The van der Waals surface area contributed by atoms with E-state index in [-0.39, 0.29) is 76.0 Å². The third kappa shape index (κ3) is 22.4. The Morgan fingerprint density at radius 3 is 1.20 bits per heavy atom. The zero-order valence-corrected chi connectivity index (χ0v) is 81.9. The number of ketones is 5. The molecule has 143 heavy (non-hydrogen) atoms. The minimum Gasteiger partial charge on any atom is -0.508 e. The largest absolute Gasteiger partial charge is 0.508 e. The number of benzene rings is 13. The molecule has 0 amide bonds. The molecule has 10 N–H and O–H groups in total. The number of anilines is 3. The number of rotatable bonds is 7. The van der Waals surface area contributed by atoms with E-state index in [0.717, 1.165) is 156 Å². The number of aryl methyl sites for hydroxylation is 4. The summed E-state index contributed by atoms with van der Waals surface area (Å²) in [5.41, 5.74) is 32.3. The molecule has 0 fully saturated rings. The van der Waals surface area contributed by atoms with Crippen LogP contribution in [0.3, 0.4) is 0 Å². The number of fused-ring (bicyclic) bond motifs is 20. The van der Waals surface area contributed by atoms with Gasteiger partial charge in [-0.15, -0.1) is 0 Å². The van der Waals surface area contributed by atoms with E-state index < -0.39 is 23.1 Å². The summed E-state index contributed by atoms with van der Waals surface area (Å²) in [5, 5.41) is 39.0. The summed E-state index contributed by atoms with van der Waals surface area (Å²) in [5.74, 6) is 4.92. The molecule has 7 heterocycles. The Bertz CT molecular complexity index is 7540. The normalized spacial score (nSPS) is 16.6. The second-order valence-corrected chi connectivity index (χ2v) is 39.0. The highest BCUT2D eigenvalue weighted by molar-refractivity contribution is 6.55. The Balaban J connectivity index is 0.000000121. The molecule has 23 rings (SSSR count). The minimum absolute atomic E-state index is 0.0321. The highest BCUT2D eigenvalue weighted by atomic mass is 16.5. The van der Waals surface area contributed by atoms with Crippen molar-refractivity contribution in [3.05, 3.63) is 335 Å².